The molecule has 0 aromatic heterocycles. The van der Waals surface area contributed by atoms with Crippen molar-refractivity contribution in [3.63, 3.8) is 0 Å². The molecule has 152 valence electrons. The summed E-state index contributed by atoms with van der Waals surface area (Å²) in [6.45, 7) is 7.76. The van der Waals surface area contributed by atoms with Crippen molar-refractivity contribution < 1.29 is 17.9 Å². The molecule has 0 aliphatic heterocycles. The van der Waals surface area contributed by atoms with Crippen LogP contribution in [-0.4, -0.2) is 45.5 Å². The number of anilines is 1. The zero-order valence-corrected chi connectivity index (χ0v) is 18.0. The largest absolute Gasteiger partial charge is 0.497 e. The maximum atomic E-state index is 13.1. The Balaban J connectivity index is 2.39. The third-order valence-corrected chi connectivity index (χ3v) is 6.30. The highest BCUT2D eigenvalue weighted by molar-refractivity contribution is 7.92. The fraction of sp³-hybridized carbons (Fsp3) is 0.381. The molecule has 0 saturated carbocycles. The van der Waals surface area contributed by atoms with Crippen molar-refractivity contribution in [3.8, 4) is 5.75 Å². The van der Waals surface area contributed by atoms with Crippen molar-refractivity contribution in [3.05, 3.63) is 54.1 Å². The summed E-state index contributed by atoms with van der Waals surface area (Å²) < 4.78 is 32.4. The molecule has 2 aromatic carbocycles. The standard InChI is InChI=1S/C21H28N2O4S/c1-15(2)23(16(3)4)21(24)17-8-7-9-20(14-17)28(25,26)22(5)18-10-12-19(27-6)13-11-18/h7-16H,1-6H3. The van der Waals surface area contributed by atoms with Crippen LogP contribution in [0, 0.1) is 0 Å². The van der Waals surface area contributed by atoms with Crippen LogP contribution in [0.25, 0.3) is 0 Å². The first kappa shape index (κ1) is 21.8. The lowest BCUT2D eigenvalue weighted by molar-refractivity contribution is 0.0643. The molecular weight excluding hydrogens is 376 g/mol. The summed E-state index contributed by atoms with van der Waals surface area (Å²) in [5, 5.41) is 0. The normalized spacial score (nSPS) is 11.6. The lowest BCUT2D eigenvalue weighted by atomic mass is 10.1. The van der Waals surface area contributed by atoms with E-state index in [0.29, 0.717) is 17.0 Å². The molecule has 2 aromatic rings. The van der Waals surface area contributed by atoms with Crippen LogP contribution in [0.5, 0.6) is 5.75 Å². The lowest BCUT2D eigenvalue weighted by Crippen LogP contribution is -2.42. The summed E-state index contributed by atoms with van der Waals surface area (Å²) in [6, 6.07) is 12.9. The van der Waals surface area contributed by atoms with Crippen molar-refractivity contribution in [1.29, 1.82) is 0 Å². The van der Waals surface area contributed by atoms with E-state index in [1.165, 1.54) is 23.5 Å². The fourth-order valence-corrected chi connectivity index (χ4v) is 4.33. The average molecular weight is 405 g/mol. The molecule has 7 heteroatoms. The molecule has 6 nitrogen and oxygen atoms in total. The van der Waals surface area contributed by atoms with Gasteiger partial charge < -0.3 is 9.64 Å². The van der Waals surface area contributed by atoms with Crippen molar-refractivity contribution >= 4 is 21.6 Å². The molecule has 2 rings (SSSR count). The number of carbonyl (C=O) groups excluding carboxylic acids is 1. The van der Waals surface area contributed by atoms with Crippen LogP contribution in [0.4, 0.5) is 5.69 Å². The number of carbonyl (C=O) groups is 1. The Morgan fingerprint density at radius 3 is 2.04 bits per heavy atom. The van der Waals surface area contributed by atoms with E-state index < -0.39 is 10.0 Å². The second-order valence-corrected chi connectivity index (χ2v) is 9.07. The summed E-state index contributed by atoms with van der Waals surface area (Å²) in [5.74, 6) is 0.457. The van der Waals surface area contributed by atoms with E-state index in [1.54, 1.807) is 48.4 Å². The third-order valence-electron chi connectivity index (χ3n) is 4.52. The molecule has 0 atom stereocenters. The summed E-state index contributed by atoms with van der Waals surface area (Å²) in [5.41, 5.74) is 0.857. The second-order valence-electron chi connectivity index (χ2n) is 7.10. The van der Waals surface area contributed by atoms with Crippen molar-refractivity contribution in [2.24, 2.45) is 0 Å². The maximum absolute atomic E-state index is 13.1. The van der Waals surface area contributed by atoms with Crippen molar-refractivity contribution in [2.75, 3.05) is 18.5 Å². The van der Waals surface area contributed by atoms with Gasteiger partial charge in [-0.05, 0) is 70.2 Å². The Morgan fingerprint density at radius 2 is 1.54 bits per heavy atom. The van der Waals surface area contributed by atoms with Gasteiger partial charge in [-0.15, -0.1) is 0 Å². The number of amides is 1. The number of benzene rings is 2. The highest BCUT2D eigenvalue weighted by Gasteiger charge is 2.25. The number of hydrogen-bond acceptors (Lipinski definition) is 4. The van der Waals surface area contributed by atoms with Gasteiger partial charge in [0.05, 0.1) is 17.7 Å². The highest BCUT2D eigenvalue weighted by Crippen LogP contribution is 2.25. The Bertz CT molecular complexity index is 914. The van der Waals surface area contributed by atoms with E-state index in [4.69, 9.17) is 4.74 Å². The Kier molecular flexibility index (Phi) is 6.72. The smallest absolute Gasteiger partial charge is 0.264 e. The van der Waals surface area contributed by atoms with Crippen LogP contribution in [0.3, 0.4) is 0 Å². The first-order chi connectivity index (χ1) is 13.1. The fourth-order valence-electron chi connectivity index (χ4n) is 3.09. The number of hydrogen-bond donors (Lipinski definition) is 0. The molecule has 0 bridgehead atoms. The number of nitrogens with zero attached hydrogens (tertiary/aromatic N) is 2. The second kappa shape index (κ2) is 8.65. The van der Waals surface area contributed by atoms with Gasteiger partial charge in [-0.3, -0.25) is 9.10 Å². The van der Waals surface area contributed by atoms with Crippen LogP contribution in [-0.2, 0) is 10.0 Å². The van der Waals surface area contributed by atoms with Crippen LogP contribution in [0.2, 0.25) is 0 Å². The number of rotatable bonds is 7. The van der Waals surface area contributed by atoms with E-state index in [2.05, 4.69) is 0 Å². The molecule has 0 radical (unpaired) electrons. The number of sulfonamides is 1. The van der Waals surface area contributed by atoms with Crippen LogP contribution in [0.1, 0.15) is 38.1 Å². The Labute approximate surface area is 167 Å². The van der Waals surface area contributed by atoms with Gasteiger partial charge in [-0.25, -0.2) is 8.42 Å². The minimum Gasteiger partial charge on any atom is -0.497 e. The first-order valence-electron chi connectivity index (χ1n) is 9.15. The van der Waals surface area contributed by atoms with Gasteiger partial charge >= 0.3 is 0 Å². The monoisotopic (exact) mass is 404 g/mol. The van der Waals surface area contributed by atoms with Crippen molar-refractivity contribution in [1.82, 2.24) is 4.90 Å². The molecule has 0 unspecified atom stereocenters. The quantitative estimate of drug-likeness (QED) is 0.704. The molecule has 1 amide bonds. The SMILES string of the molecule is COc1ccc(N(C)S(=O)(=O)c2cccc(C(=O)N(C(C)C)C(C)C)c2)cc1. The highest BCUT2D eigenvalue weighted by atomic mass is 32.2. The van der Waals surface area contributed by atoms with E-state index in [1.807, 2.05) is 27.7 Å². The Morgan fingerprint density at radius 1 is 0.964 bits per heavy atom. The molecule has 0 spiro atoms. The van der Waals surface area contributed by atoms with E-state index >= 15 is 0 Å². The zero-order valence-electron chi connectivity index (χ0n) is 17.2. The molecule has 0 heterocycles. The average Bonchev–Trinajstić information content (AvgIpc) is 2.67. The summed E-state index contributed by atoms with van der Waals surface area (Å²) in [4.78, 5) is 14.7. The lowest BCUT2D eigenvalue weighted by Gasteiger charge is -2.31. The van der Waals surface area contributed by atoms with Crippen LogP contribution < -0.4 is 9.04 Å². The number of methoxy groups -OCH3 is 1. The molecule has 0 N–H and O–H groups in total. The van der Waals surface area contributed by atoms with Gasteiger partial charge in [0.25, 0.3) is 15.9 Å². The molecule has 0 aliphatic rings. The van der Waals surface area contributed by atoms with Gasteiger partial charge in [0, 0.05) is 24.7 Å². The van der Waals surface area contributed by atoms with Gasteiger partial charge in [0.1, 0.15) is 5.75 Å². The Hall–Kier alpha value is -2.54. The van der Waals surface area contributed by atoms with E-state index in [-0.39, 0.29) is 22.9 Å². The summed E-state index contributed by atoms with van der Waals surface area (Å²) in [6.07, 6.45) is 0. The summed E-state index contributed by atoms with van der Waals surface area (Å²) >= 11 is 0. The molecule has 0 saturated heterocycles. The maximum Gasteiger partial charge on any atom is 0.264 e. The van der Waals surface area contributed by atoms with Crippen LogP contribution in [0.15, 0.2) is 53.4 Å². The van der Waals surface area contributed by atoms with Crippen molar-refractivity contribution in [2.45, 2.75) is 44.7 Å². The van der Waals surface area contributed by atoms with E-state index in [9.17, 15) is 13.2 Å². The molecule has 0 fully saturated rings. The topological polar surface area (TPSA) is 66.9 Å². The predicted molar refractivity (Wildman–Crippen MR) is 111 cm³/mol. The van der Waals surface area contributed by atoms with Gasteiger partial charge in [0.2, 0.25) is 0 Å². The van der Waals surface area contributed by atoms with Crippen LogP contribution >= 0.6 is 0 Å². The minimum absolute atomic E-state index is 0.00901. The minimum atomic E-state index is -3.81. The van der Waals surface area contributed by atoms with Gasteiger partial charge in [0.15, 0.2) is 0 Å². The molecule has 28 heavy (non-hydrogen) atoms. The van der Waals surface area contributed by atoms with E-state index in [0.717, 1.165) is 0 Å². The third kappa shape index (κ3) is 4.47. The van der Waals surface area contributed by atoms with Gasteiger partial charge in [-0.1, -0.05) is 6.07 Å². The molecular formula is C21H28N2O4S. The number of ether oxygens (including phenoxy) is 1. The zero-order chi connectivity index (χ0) is 21.1. The first-order valence-corrected chi connectivity index (χ1v) is 10.6. The molecule has 0 aliphatic carbocycles. The summed E-state index contributed by atoms with van der Waals surface area (Å²) in [7, 11) is -0.775. The predicted octanol–water partition coefficient (Wildman–Crippen LogP) is 3.78. The van der Waals surface area contributed by atoms with Gasteiger partial charge in [-0.2, -0.15) is 0 Å².